The maximum Gasteiger partial charge on any atom is 0.123 e. The summed E-state index contributed by atoms with van der Waals surface area (Å²) in [6.45, 7) is 2.09. The Balaban J connectivity index is 1.42. The van der Waals surface area contributed by atoms with Crippen molar-refractivity contribution in [2.75, 3.05) is 10.6 Å². The Morgan fingerprint density at radius 3 is 2.51 bits per heavy atom. The third-order valence-electron chi connectivity index (χ3n) is 7.98. The Bertz CT molecular complexity index is 2040. The average molecular weight is 597 g/mol. The van der Waals surface area contributed by atoms with E-state index in [0.717, 1.165) is 24.8 Å². The molecule has 7 rings (SSSR count). The van der Waals surface area contributed by atoms with Crippen LogP contribution in [0.25, 0.3) is 22.0 Å². The zero-order chi connectivity index (χ0) is 31.7. The van der Waals surface area contributed by atoms with Gasteiger partial charge in [-0.05, 0) is 54.7 Å². The fourth-order valence-electron chi connectivity index (χ4n) is 5.51. The van der Waals surface area contributed by atoms with E-state index >= 15 is 0 Å². The summed E-state index contributed by atoms with van der Waals surface area (Å²) in [5.41, 5.74) is 5.58. The van der Waals surface area contributed by atoms with E-state index in [1.165, 1.54) is 18.5 Å². The van der Waals surface area contributed by atoms with Crippen molar-refractivity contribution in [3.63, 3.8) is 0 Å². The second-order valence-corrected chi connectivity index (χ2v) is 11.0. The van der Waals surface area contributed by atoms with E-state index in [9.17, 15) is 11.0 Å². The molecular weight excluding hydrogens is 565 g/mol. The van der Waals surface area contributed by atoms with Crippen LogP contribution in [-0.2, 0) is 0 Å². The van der Waals surface area contributed by atoms with E-state index in [1.54, 1.807) is 41.6 Å². The third-order valence-corrected chi connectivity index (χ3v) is 7.98. The van der Waals surface area contributed by atoms with Gasteiger partial charge in [-0.15, -0.1) is 5.10 Å². The molecule has 0 spiro atoms. The van der Waals surface area contributed by atoms with Gasteiger partial charge >= 0.3 is 0 Å². The van der Waals surface area contributed by atoms with Gasteiger partial charge in [-0.1, -0.05) is 54.6 Å². The van der Waals surface area contributed by atoms with Crippen LogP contribution in [0.3, 0.4) is 0 Å². The molecule has 6 aromatic rings. The molecule has 0 saturated heterocycles. The minimum absolute atomic E-state index is 0.0778. The summed E-state index contributed by atoms with van der Waals surface area (Å²) in [5.74, 6) is -0.403. The lowest BCUT2D eigenvalue weighted by atomic mass is 9.98. The molecule has 9 nitrogen and oxygen atoms in total. The molecule has 0 radical (unpaired) electrons. The Hall–Kier alpha value is -5.69. The van der Waals surface area contributed by atoms with Gasteiger partial charge in [0.25, 0.3) is 0 Å². The number of halogens is 1. The van der Waals surface area contributed by atoms with E-state index < -0.39 is 11.8 Å². The van der Waals surface area contributed by atoms with E-state index in [2.05, 4.69) is 56.0 Å². The van der Waals surface area contributed by atoms with E-state index in [4.69, 9.17) is 4.98 Å². The van der Waals surface area contributed by atoms with Crippen LogP contribution in [0, 0.1) is 17.1 Å². The molecule has 2 atom stereocenters. The first-order valence-electron chi connectivity index (χ1n) is 15.4. The number of rotatable bonds is 10. The SMILES string of the molecule is [2H]C(Nc1cc(-c2cncnc2)c2ncc(C#N)c(NC(CC)c3ccccc3)c2c1)(c1ccc(F)cc1)c1cn(C2CC2)nn1. The summed E-state index contributed by atoms with van der Waals surface area (Å²) in [5, 5.41) is 26.6. The van der Waals surface area contributed by atoms with Gasteiger partial charge in [-0.25, -0.2) is 19.0 Å². The smallest absolute Gasteiger partial charge is 0.123 e. The van der Waals surface area contributed by atoms with Crippen molar-refractivity contribution in [3.8, 4) is 17.2 Å². The molecule has 1 aliphatic rings. The van der Waals surface area contributed by atoms with Crippen molar-refractivity contribution in [1.82, 2.24) is 29.9 Å². The minimum Gasteiger partial charge on any atom is -0.377 e. The second kappa shape index (κ2) is 12.1. The van der Waals surface area contributed by atoms with Crippen LogP contribution in [0.5, 0.6) is 0 Å². The highest BCUT2D eigenvalue weighted by atomic mass is 19.1. The number of nitrogens with one attached hydrogen (secondary N) is 2. The lowest BCUT2D eigenvalue weighted by molar-refractivity contribution is 0.610. The number of nitrogens with zero attached hydrogens (tertiary/aromatic N) is 7. The third kappa shape index (κ3) is 5.80. The number of benzene rings is 3. The van der Waals surface area contributed by atoms with Gasteiger partial charge in [0, 0.05) is 40.8 Å². The zero-order valence-corrected chi connectivity index (χ0v) is 24.5. The van der Waals surface area contributed by atoms with Gasteiger partial charge in [0.15, 0.2) is 0 Å². The fourth-order valence-corrected chi connectivity index (χ4v) is 5.51. The molecule has 1 aliphatic carbocycles. The van der Waals surface area contributed by atoms with Gasteiger partial charge in [0.2, 0.25) is 0 Å². The van der Waals surface area contributed by atoms with Crippen LogP contribution in [0.4, 0.5) is 15.8 Å². The first-order valence-corrected chi connectivity index (χ1v) is 14.9. The van der Waals surface area contributed by atoms with Gasteiger partial charge in [0.05, 0.1) is 42.4 Å². The van der Waals surface area contributed by atoms with Crippen LogP contribution in [0.1, 0.15) is 68.0 Å². The average Bonchev–Trinajstić information content (AvgIpc) is 3.83. The molecule has 45 heavy (non-hydrogen) atoms. The Kier molecular flexibility index (Phi) is 7.25. The zero-order valence-electron chi connectivity index (χ0n) is 25.5. The minimum atomic E-state index is -1.64. The standard InChI is InChI=1S/C35H30FN9/c1-2-31(22-6-4-3-5-7-22)42-33-24(16-37)19-40-35-29(25-17-38-21-39-18-25)14-27(15-30(33)35)41-34(23-8-10-26(36)11-9-23)32-20-45(44-43-32)28-12-13-28/h3-11,14-15,17-21,28,31,34,41H,2,12-13H2,1H3,(H,40,42)/i34D. The molecule has 0 aliphatic heterocycles. The van der Waals surface area contributed by atoms with Crippen molar-refractivity contribution in [1.29, 1.82) is 5.26 Å². The highest BCUT2D eigenvalue weighted by molar-refractivity contribution is 6.04. The normalized spacial score (nSPS) is 15.1. The van der Waals surface area contributed by atoms with Gasteiger partial charge in [-0.2, -0.15) is 5.26 Å². The van der Waals surface area contributed by atoms with Gasteiger partial charge < -0.3 is 10.6 Å². The molecule has 3 heterocycles. The highest BCUT2D eigenvalue weighted by Crippen LogP contribution is 2.39. The number of nitriles is 1. The van der Waals surface area contributed by atoms with E-state index in [1.807, 2.05) is 30.3 Å². The molecule has 1 saturated carbocycles. The number of aromatic nitrogens is 6. The van der Waals surface area contributed by atoms with Gasteiger partial charge in [-0.3, -0.25) is 4.98 Å². The predicted octanol–water partition coefficient (Wildman–Crippen LogP) is 7.39. The molecule has 0 bridgehead atoms. The fraction of sp³-hybridized carbons (Fsp3) is 0.200. The Morgan fingerprint density at radius 2 is 1.80 bits per heavy atom. The number of pyridine rings is 1. The topological polar surface area (TPSA) is 117 Å². The first kappa shape index (κ1) is 26.9. The van der Waals surface area contributed by atoms with Crippen LogP contribution in [0.2, 0.25) is 0 Å². The summed E-state index contributed by atoms with van der Waals surface area (Å²) < 4.78 is 25.6. The Morgan fingerprint density at radius 1 is 1.02 bits per heavy atom. The maximum absolute atomic E-state index is 14.0. The predicted molar refractivity (Wildman–Crippen MR) is 171 cm³/mol. The molecule has 1 fully saturated rings. The van der Waals surface area contributed by atoms with E-state index in [0.29, 0.717) is 50.2 Å². The second-order valence-electron chi connectivity index (χ2n) is 11.0. The van der Waals surface area contributed by atoms with Crippen LogP contribution in [-0.4, -0.2) is 29.9 Å². The summed E-state index contributed by atoms with van der Waals surface area (Å²) >= 11 is 0. The quantitative estimate of drug-likeness (QED) is 0.168. The Labute approximate surface area is 261 Å². The molecule has 10 heteroatoms. The number of anilines is 2. The van der Waals surface area contributed by atoms with Crippen molar-refractivity contribution in [3.05, 3.63) is 126 Å². The molecule has 0 amide bonds. The summed E-state index contributed by atoms with van der Waals surface area (Å²) in [4.78, 5) is 13.2. The van der Waals surface area contributed by atoms with Crippen LogP contribution in [0.15, 0.2) is 97.8 Å². The van der Waals surface area contributed by atoms with Crippen molar-refractivity contribution < 1.29 is 5.76 Å². The van der Waals surface area contributed by atoms with Crippen LogP contribution < -0.4 is 10.6 Å². The molecule has 2 unspecified atom stereocenters. The first-order chi connectivity index (χ1) is 22.5. The summed E-state index contributed by atoms with van der Waals surface area (Å²) in [6, 6.07) is 20.5. The number of hydrogen-bond donors (Lipinski definition) is 2. The largest absolute Gasteiger partial charge is 0.377 e. The lowest BCUT2D eigenvalue weighted by Gasteiger charge is -2.23. The van der Waals surface area contributed by atoms with Crippen molar-refractivity contribution in [2.24, 2.45) is 0 Å². The maximum atomic E-state index is 14.0. The molecule has 3 aromatic heterocycles. The molecule has 222 valence electrons. The van der Waals surface area contributed by atoms with Crippen molar-refractivity contribution in [2.45, 2.75) is 44.3 Å². The summed E-state index contributed by atoms with van der Waals surface area (Å²) in [7, 11) is 0. The molecule has 3 aromatic carbocycles. The monoisotopic (exact) mass is 596 g/mol. The van der Waals surface area contributed by atoms with Gasteiger partial charge in [0.1, 0.15) is 23.9 Å². The van der Waals surface area contributed by atoms with E-state index in [-0.39, 0.29) is 12.1 Å². The van der Waals surface area contributed by atoms with Crippen LogP contribution >= 0.6 is 0 Å². The van der Waals surface area contributed by atoms with Crippen molar-refractivity contribution >= 4 is 22.3 Å². The highest BCUT2D eigenvalue weighted by Gasteiger charge is 2.27. The number of fused-ring (bicyclic) bond motifs is 1. The lowest BCUT2D eigenvalue weighted by Crippen LogP contribution is -2.14. The summed E-state index contributed by atoms with van der Waals surface area (Å²) in [6.07, 6.45) is 11.0. The molecular formula is C35H30FN9. The number of hydrogen-bond acceptors (Lipinski definition) is 8. The molecule has 2 N–H and O–H groups in total.